The highest BCUT2D eigenvalue weighted by Gasteiger charge is 1.89. The molecule has 0 aliphatic rings. The van der Waals surface area contributed by atoms with Gasteiger partial charge in [0.1, 0.15) is 6.35 Å². The van der Waals surface area contributed by atoms with Crippen LogP contribution in [0.4, 0.5) is 0 Å². The summed E-state index contributed by atoms with van der Waals surface area (Å²) in [6, 6.07) is 0. The number of hydrogen-bond acceptors (Lipinski definition) is 4. The molecule has 0 aromatic rings. The second-order valence-corrected chi connectivity index (χ2v) is 3.21. The fourth-order valence-corrected chi connectivity index (χ4v) is 1.01. The molecule has 0 aromatic carbocycles. The van der Waals surface area contributed by atoms with Crippen LogP contribution < -0.4 is 0 Å². The van der Waals surface area contributed by atoms with Gasteiger partial charge in [-0.05, 0) is 6.42 Å². The summed E-state index contributed by atoms with van der Waals surface area (Å²) >= 11 is 0. The first-order valence-corrected chi connectivity index (χ1v) is 5.65. The Morgan fingerprint density at radius 1 is 0.917 bits per heavy atom. The van der Waals surface area contributed by atoms with Gasteiger partial charge in [-0.25, -0.2) is 0 Å². The van der Waals surface area contributed by atoms with Gasteiger partial charge in [-0.15, -0.1) is 0 Å². The number of rotatable bonds is 9. The monoisotopic (exact) mass is 210 g/mol. The van der Waals surface area contributed by atoms with Crippen molar-refractivity contribution in [3.05, 3.63) is 0 Å². The largest absolute Gasteiger partial charge is 0.379 e. The summed E-state index contributed by atoms with van der Waals surface area (Å²) < 4.78 is 29.8. The Labute approximate surface area is 75.0 Å². The topological polar surface area (TPSA) is 52.6 Å². The Kier molecular flexibility index (Phi) is 11.2. The third-order valence-corrected chi connectivity index (χ3v) is 1.84. The lowest BCUT2D eigenvalue weighted by atomic mass is 10.5. The maximum Gasteiger partial charge on any atom is 0.183 e. The maximum atomic E-state index is 9.96. The molecule has 70 valence electrons. The molecule has 0 aliphatic carbocycles. The Balaban J connectivity index is 2.81. The van der Waals surface area contributed by atoms with Gasteiger partial charge in [0.05, 0.1) is 13.2 Å². The molecule has 4 nitrogen and oxygen atoms in total. The van der Waals surface area contributed by atoms with E-state index in [9.17, 15) is 9.13 Å². The van der Waals surface area contributed by atoms with Crippen LogP contribution in [0.25, 0.3) is 0 Å². The molecule has 0 saturated heterocycles. The minimum Gasteiger partial charge on any atom is -0.379 e. The molecule has 0 atom stereocenters. The van der Waals surface area contributed by atoms with E-state index in [1.165, 1.54) is 0 Å². The summed E-state index contributed by atoms with van der Waals surface area (Å²) in [7, 11) is 0.170. The van der Waals surface area contributed by atoms with Crippen LogP contribution in [-0.4, -0.2) is 32.3 Å². The average molecular weight is 210 g/mol. The van der Waals surface area contributed by atoms with E-state index >= 15 is 0 Å². The summed E-state index contributed by atoms with van der Waals surface area (Å²) in [4.78, 5) is 0. The molecule has 0 unspecified atom stereocenters. The molecule has 0 bridgehead atoms. The van der Waals surface area contributed by atoms with Crippen molar-refractivity contribution >= 4 is 16.9 Å². The lowest BCUT2D eigenvalue weighted by molar-refractivity contribution is 0.0652. The molecule has 0 N–H and O–H groups in total. The molecule has 0 aromatic heterocycles. The van der Waals surface area contributed by atoms with Crippen molar-refractivity contribution in [2.45, 2.75) is 6.42 Å². The molecule has 0 aliphatic heterocycles. The highest BCUT2D eigenvalue weighted by atomic mass is 31.1. The van der Waals surface area contributed by atoms with Crippen LogP contribution in [0.5, 0.6) is 0 Å². The van der Waals surface area contributed by atoms with Gasteiger partial charge in [0.25, 0.3) is 0 Å². The molecular formula is C6H12O4P2. The lowest BCUT2D eigenvalue weighted by Crippen LogP contribution is -2.04. The summed E-state index contributed by atoms with van der Waals surface area (Å²) in [5.41, 5.74) is 0. The van der Waals surface area contributed by atoms with E-state index in [-0.39, 0.29) is 23.3 Å². The van der Waals surface area contributed by atoms with E-state index in [1.54, 1.807) is 0 Å². The highest BCUT2D eigenvalue weighted by Crippen LogP contribution is 1.95. The summed E-state index contributed by atoms with van der Waals surface area (Å²) in [5.74, 6) is 0. The van der Waals surface area contributed by atoms with Crippen molar-refractivity contribution in [2.24, 2.45) is 0 Å². The minimum atomic E-state index is 0.00155. The quantitative estimate of drug-likeness (QED) is 0.431. The van der Waals surface area contributed by atoms with Crippen LogP contribution in [0.1, 0.15) is 6.42 Å². The molecule has 12 heavy (non-hydrogen) atoms. The van der Waals surface area contributed by atoms with E-state index in [0.717, 1.165) is 6.42 Å². The molecule has 0 amide bonds. The smallest absolute Gasteiger partial charge is 0.183 e. The zero-order valence-corrected chi connectivity index (χ0v) is 8.56. The third-order valence-electron chi connectivity index (χ3n) is 1.05. The van der Waals surface area contributed by atoms with Gasteiger partial charge in [-0.1, -0.05) is 0 Å². The van der Waals surface area contributed by atoms with Crippen molar-refractivity contribution < 1.29 is 18.6 Å². The van der Waals surface area contributed by atoms with Gasteiger partial charge in [-0.3, -0.25) is 9.13 Å². The van der Waals surface area contributed by atoms with Crippen molar-refractivity contribution in [3.8, 4) is 0 Å². The van der Waals surface area contributed by atoms with E-state index in [1.807, 2.05) is 0 Å². The van der Waals surface area contributed by atoms with E-state index < -0.39 is 0 Å². The van der Waals surface area contributed by atoms with Gasteiger partial charge < -0.3 is 9.47 Å². The molecule has 0 spiro atoms. The second kappa shape index (κ2) is 11.1. The van der Waals surface area contributed by atoms with Crippen LogP contribution in [0.3, 0.4) is 0 Å². The van der Waals surface area contributed by atoms with Gasteiger partial charge in [-0.2, -0.15) is 0 Å². The lowest BCUT2D eigenvalue weighted by Gasteiger charge is -2.01. The Hall–Kier alpha value is 0.120. The first kappa shape index (κ1) is 12.1. The predicted octanol–water partition coefficient (Wildman–Crippen LogP) is 1.95. The zero-order chi connectivity index (χ0) is 9.07. The second-order valence-electron chi connectivity index (χ2n) is 1.99. The maximum absolute atomic E-state index is 9.96. The van der Waals surface area contributed by atoms with Crippen LogP contribution in [0.15, 0.2) is 0 Å². The Bertz CT molecular complexity index is 106. The molecule has 0 rings (SSSR count). The summed E-state index contributed by atoms with van der Waals surface area (Å²) in [6.45, 7) is 1.57. The first-order valence-electron chi connectivity index (χ1n) is 3.65. The number of ether oxygens (including phenoxy) is 2. The van der Waals surface area contributed by atoms with Gasteiger partial charge in [0, 0.05) is 12.8 Å². The summed E-state index contributed by atoms with van der Waals surface area (Å²) in [6.07, 6.45) is 1.66. The molecule has 0 fully saturated rings. The van der Waals surface area contributed by atoms with Gasteiger partial charge in [0.2, 0.25) is 0 Å². The molecule has 0 radical (unpaired) electrons. The van der Waals surface area contributed by atoms with E-state index in [0.29, 0.717) is 26.0 Å². The zero-order valence-electron chi connectivity index (χ0n) is 6.77. The van der Waals surface area contributed by atoms with Gasteiger partial charge >= 0.3 is 0 Å². The van der Waals surface area contributed by atoms with Crippen LogP contribution in [0, 0.1) is 0 Å². The molecule has 0 heterocycles. The van der Waals surface area contributed by atoms with Crippen molar-refractivity contribution in [1.82, 2.24) is 0 Å². The normalized spacial score (nSPS) is 11.0. The Morgan fingerprint density at radius 3 is 2.33 bits per heavy atom. The SMILES string of the molecule is O=PCCCOCCOCP=O. The molecule has 0 saturated carbocycles. The third kappa shape index (κ3) is 10.1. The van der Waals surface area contributed by atoms with E-state index in [4.69, 9.17) is 9.47 Å². The first-order chi connectivity index (χ1) is 5.91. The van der Waals surface area contributed by atoms with Gasteiger partial charge in [0.15, 0.2) is 16.9 Å². The van der Waals surface area contributed by atoms with Crippen LogP contribution in [0.2, 0.25) is 0 Å². The van der Waals surface area contributed by atoms with Crippen molar-refractivity contribution in [3.63, 3.8) is 0 Å². The molecular weight excluding hydrogens is 198 g/mol. The minimum absolute atomic E-state index is 0.00155. The molecule has 6 heteroatoms. The van der Waals surface area contributed by atoms with Crippen LogP contribution in [-0.2, 0) is 18.6 Å². The fourth-order valence-electron chi connectivity index (χ4n) is 0.553. The number of hydrogen-bond donors (Lipinski definition) is 0. The van der Waals surface area contributed by atoms with Crippen molar-refractivity contribution in [1.29, 1.82) is 0 Å². The standard InChI is InChI=1S/C6H12O4P2/c7-11-5-1-2-9-3-4-10-6-12-8/h1-6H2. The fraction of sp³-hybridized carbons (Fsp3) is 1.00. The predicted molar refractivity (Wildman–Crippen MR) is 46.3 cm³/mol. The van der Waals surface area contributed by atoms with E-state index in [2.05, 4.69) is 0 Å². The van der Waals surface area contributed by atoms with Crippen LogP contribution >= 0.6 is 16.9 Å². The average Bonchev–Trinajstić information content (AvgIpc) is 2.10. The Morgan fingerprint density at radius 2 is 1.67 bits per heavy atom. The highest BCUT2D eigenvalue weighted by molar-refractivity contribution is 7.23. The van der Waals surface area contributed by atoms with Crippen molar-refractivity contribution in [2.75, 3.05) is 32.3 Å². The summed E-state index contributed by atoms with van der Waals surface area (Å²) in [5, 5.41) is 0.